The van der Waals surface area contributed by atoms with E-state index in [-0.39, 0.29) is 17.4 Å². The van der Waals surface area contributed by atoms with Crippen LogP contribution in [0, 0.1) is 0 Å². The Labute approximate surface area is 105 Å². The average Bonchev–Trinajstić information content (AvgIpc) is 2.76. The second-order valence-corrected chi connectivity index (χ2v) is 6.17. The molecule has 0 bridgehead atoms. The van der Waals surface area contributed by atoms with E-state index in [4.69, 9.17) is 10.5 Å². The van der Waals surface area contributed by atoms with Crippen molar-refractivity contribution in [2.24, 2.45) is 5.73 Å². The lowest BCUT2D eigenvalue weighted by Crippen LogP contribution is -2.29. The van der Waals surface area contributed by atoms with E-state index in [0.29, 0.717) is 5.75 Å². The van der Waals surface area contributed by atoms with Crippen molar-refractivity contribution in [3.63, 3.8) is 0 Å². The smallest absolute Gasteiger partial charge is 0.0691 e. The van der Waals surface area contributed by atoms with E-state index in [1.165, 1.54) is 0 Å². The van der Waals surface area contributed by atoms with Gasteiger partial charge in [0.15, 0.2) is 0 Å². The van der Waals surface area contributed by atoms with Crippen LogP contribution in [0.2, 0.25) is 0 Å². The molecule has 0 aliphatic carbocycles. The van der Waals surface area contributed by atoms with Gasteiger partial charge in [-0.15, -0.1) is 0 Å². The normalized spacial score (nSPS) is 27.9. The van der Waals surface area contributed by atoms with Crippen LogP contribution in [-0.2, 0) is 15.5 Å². The maximum Gasteiger partial charge on any atom is 0.0691 e. The van der Waals surface area contributed by atoms with Crippen LogP contribution in [-0.4, -0.2) is 27.9 Å². The molecule has 17 heavy (non-hydrogen) atoms. The van der Waals surface area contributed by atoms with Crippen LogP contribution in [0.1, 0.15) is 24.9 Å². The van der Waals surface area contributed by atoms with E-state index in [9.17, 15) is 4.21 Å². The number of rotatable bonds is 4. The van der Waals surface area contributed by atoms with E-state index in [1.807, 2.05) is 37.3 Å². The van der Waals surface area contributed by atoms with E-state index in [1.54, 1.807) is 0 Å². The monoisotopic (exact) mass is 253 g/mol. The fraction of sp³-hybridized carbons (Fsp3) is 0.538. The summed E-state index contributed by atoms with van der Waals surface area (Å²) < 4.78 is 17.6. The van der Waals surface area contributed by atoms with Gasteiger partial charge in [-0.05, 0) is 18.9 Å². The van der Waals surface area contributed by atoms with Gasteiger partial charge in [-0.1, -0.05) is 30.3 Å². The molecule has 2 rings (SSSR count). The Bertz CT molecular complexity index is 382. The molecule has 0 radical (unpaired) electrons. The Kier molecular flexibility index (Phi) is 4.31. The first kappa shape index (κ1) is 12.7. The van der Waals surface area contributed by atoms with Crippen molar-refractivity contribution < 1.29 is 8.95 Å². The quantitative estimate of drug-likeness (QED) is 0.887. The van der Waals surface area contributed by atoms with Crippen LogP contribution in [0.3, 0.4) is 0 Å². The predicted molar refractivity (Wildman–Crippen MR) is 70.2 cm³/mol. The number of hydrogen-bond acceptors (Lipinski definition) is 3. The van der Waals surface area contributed by atoms with Crippen molar-refractivity contribution in [1.29, 1.82) is 0 Å². The fourth-order valence-corrected chi connectivity index (χ4v) is 3.81. The summed E-state index contributed by atoms with van der Waals surface area (Å²) in [6, 6.07) is 9.69. The molecule has 1 saturated heterocycles. The largest absolute Gasteiger partial charge is 0.377 e. The van der Waals surface area contributed by atoms with Crippen molar-refractivity contribution >= 4 is 10.8 Å². The zero-order valence-electron chi connectivity index (χ0n) is 10.0. The van der Waals surface area contributed by atoms with Crippen molar-refractivity contribution in [2.45, 2.75) is 30.7 Å². The molecular formula is C13H19NO2S. The highest BCUT2D eigenvalue weighted by molar-refractivity contribution is 7.85. The summed E-state index contributed by atoms with van der Waals surface area (Å²) in [5.41, 5.74) is 7.12. The number of hydrogen-bond donors (Lipinski definition) is 1. The van der Waals surface area contributed by atoms with Crippen LogP contribution >= 0.6 is 0 Å². The first-order valence-corrected chi connectivity index (χ1v) is 7.36. The van der Waals surface area contributed by atoms with E-state index < -0.39 is 10.8 Å². The molecule has 1 aromatic carbocycles. The summed E-state index contributed by atoms with van der Waals surface area (Å²) >= 11 is 0. The molecule has 3 nitrogen and oxygen atoms in total. The van der Waals surface area contributed by atoms with Crippen molar-refractivity contribution in [3.8, 4) is 0 Å². The zero-order valence-corrected chi connectivity index (χ0v) is 10.9. The molecule has 1 fully saturated rings. The number of ether oxygens (including phenoxy) is 1. The van der Waals surface area contributed by atoms with Crippen LogP contribution in [0.25, 0.3) is 0 Å². The lowest BCUT2D eigenvalue weighted by molar-refractivity contribution is 0.127. The van der Waals surface area contributed by atoms with Gasteiger partial charge in [-0.2, -0.15) is 0 Å². The summed E-state index contributed by atoms with van der Waals surface area (Å²) in [5, 5.41) is 0.143. The molecule has 0 amide bonds. The Morgan fingerprint density at radius 2 is 2.18 bits per heavy atom. The van der Waals surface area contributed by atoms with Gasteiger partial charge < -0.3 is 10.5 Å². The minimum Gasteiger partial charge on any atom is -0.377 e. The molecule has 1 heterocycles. The minimum atomic E-state index is -0.906. The van der Waals surface area contributed by atoms with Crippen LogP contribution in [0.5, 0.6) is 0 Å². The second kappa shape index (κ2) is 5.76. The number of nitrogens with two attached hydrogens (primary N) is 1. The van der Waals surface area contributed by atoms with Crippen LogP contribution in [0.15, 0.2) is 30.3 Å². The van der Waals surface area contributed by atoms with E-state index >= 15 is 0 Å². The molecule has 4 heteroatoms. The highest BCUT2D eigenvalue weighted by atomic mass is 32.2. The van der Waals surface area contributed by atoms with Gasteiger partial charge in [0.25, 0.3) is 0 Å². The zero-order chi connectivity index (χ0) is 12.3. The standard InChI is InChI=1S/C13H19NO2S/c1-10-13(7-8-16-10)17(15)9-12(14)11-5-3-2-4-6-11/h2-6,10,12-13H,7-9,14H2,1H3. The summed E-state index contributed by atoms with van der Waals surface area (Å²) in [4.78, 5) is 0. The predicted octanol–water partition coefficient (Wildman–Crippen LogP) is 1.61. The third kappa shape index (κ3) is 3.15. The average molecular weight is 253 g/mol. The third-order valence-electron chi connectivity index (χ3n) is 3.22. The lowest BCUT2D eigenvalue weighted by Gasteiger charge is -2.17. The van der Waals surface area contributed by atoms with Gasteiger partial charge in [0, 0.05) is 29.2 Å². The third-order valence-corrected chi connectivity index (χ3v) is 5.20. The van der Waals surface area contributed by atoms with Gasteiger partial charge in [0.05, 0.1) is 11.4 Å². The Morgan fingerprint density at radius 1 is 1.47 bits per heavy atom. The summed E-state index contributed by atoms with van der Waals surface area (Å²) in [5.74, 6) is 0.516. The molecule has 0 aromatic heterocycles. The first-order valence-electron chi connectivity index (χ1n) is 5.98. The Hall–Kier alpha value is -0.710. The summed E-state index contributed by atoms with van der Waals surface area (Å²) in [6.45, 7) is 2.71. The van der Waals surface area contributed by atoms with Gasteiger partial charge in [-0.25, -0.2) is 0 Å². The molecule has 1 aromatic rings. The molecule has 1 aliphatic rings. The molecule has 0 saturated carbocycles. The topological polar surface area (TPSA) is 52.3 Å². The summed E-state index contributed by atoms with van der Waals surface area (Å²) in [7, 11) is -0.906. The van der Waals surface area contributed by atoms with E-state index in [2.05, 4.69) is 0 Å². The SMILES string of the molecule is CC1OCCC1S(=O)CC(N)c1ccccc1. The highest BCUT2D eigenvalue weighted by Crippen LogP contribution is 2.21. The maximum atomic E-state index is 12.2. The van der Waals surface area contributed by atoms with Crippen LogP contribution in [0.4, 0.5) is 0 Å². The van der Waals surface area contributed by atoms with Crippen LogP contribution < -0.4 is 5.73 Å². The van der Waals surface area contributed by atoms with Crippen molar-refractivity contribution in [1.82, 2.24) is 0 Å². The fourth-order valence-electron chi connectivity index (χ4n) is 2.15. The van der Waals surface area contributed by atoms with Gasteiger partial charge in [0.2, 0.25) is 0 Å². The van der Waals surface area contributed by atoms with Crippen molar-refractivity contribution in [2.75, 3.05) is 12.4 Å². The first-order chi connectivity index (χ1) is 8.18. The highest BCUT2D eigenvalue weighted by Gasteiger charge is 2.30. The lowest BCUT2D eigenvalue weighted by atomic mass is 10.1. The number of benzene rings is 1. The molecule has 4 atom stereocenters. The molecule has 0 spiro atoms. The molecule has 4 unspecified atom stereocenters. The van der Waals surface area contributed by atoms with Crippen molar-refractivity contribution in [3.05, 3.63) is 35.9 Å². The van der Waals surface area contributed by atoms with Gasteiger partial charge >= 0.3 is 0 Å². The van der Waals surface area contributed by atoms with Gasteiger partial charge in [-0.3, -0.25) is 4.21 Å². The van der Waals surface area contributed by atoms with Gasteiger partial charge in [0.1, 0.15) is 0 Å². The molecule has 1 aliphatic heterocycles. The molecule has 94 valence electrons. The Balaban J connectivity index is 1.95. The minimum absolute atomic E-state index is 0.0961. The second-order valence-electron chi connectivity index (χ2n) is 4.47. The molecule has 2 N–H and O–H groups in total. The van der Waals surface area contributed by atoms with E-state index in [0.717, 1.165) is 18.6 Å². The maximum absolute atomic E-state index is 12.2. The summed E-state index contributed by atoms with van der Waals surface area (Å²) in [6.07, 6.45) is 0.980. The molecular weight excluding hydrogens is 234 g/mol. The Morgan fingerprint density at radius 3 is 2.76 bits per heavy atom.